The van der Waals surface area contributed by atoms with Crippen LogP contribution >= 0.6 is 0 Å². The fourth-order valence-corrected chi connectivity index (χ4v) is 3.66. The van der Waals surface area contributed by atoms with Crippen LogP contribution in [-0.2, 0) is 11.3 Å². The third kappa shape index (κ3) is 4.92. The van der Waals surface area contributed by atoms with Gasteiger partial charge in [0, 0.05) is 24.3 Å². The minimum atomic E-state index is -0.111. The highest BCUT2D eigenvalue weighted by Gasteiger charge is 2.17. The maximum absolute atomic E-state index is 12.6. The first-order valence-corrected chi connectivity index (χ1v) is 10.5. The molecule has 0 radical (unpaired) electrons. The Balaban J connectivity index is 1.46. The number of fused-ring (bicyclic) bond motifs is 1. The van der Waals surface area contributed by atoms with E-state index in [4.69, 9.17) is 14.2 Å². The fourth-order valence-electron chi connectivity index (χ4n) is 3.66. The van der Waals surface area contributed by atoms with Crippen molar-refractivity contribution in [2.45, 2.75) is 32.5 Å². The summed E-state index contributed by atoms with van der Waals surface area (Å²) >= 11 is 0. The number of hydrogen-bond donors (Lipinski definition) is 1. The molecule has 1 saturated heterocycles. The molecular formula is C25H27NO4. The summed E-state index contributed by atoms with van der Waals surface area (Å²) in [6.45, 7) is 4.12. The van der Waals surface area contributed by atoms with E-state index < -0.39 is 0 Å². The largest absolute Gasteiger partial charge is 0.493 e. The van der Waals surface area contributed by atoms with Crippen molar-refractivity contribution < 1.29 is 19.0 Å². The Morgan fingerprint density at radius 1 is 1.07 bits per heavy atom. The molecule has 30 heavy (non-hydrogen) atoms. The van der Waals surface area contributed by atoms with Crippen molar-refractivity contribution in [3.8, 4) is 11.5 Å². The normalized spacial score (nSPS) is 15.8. The van der Waals surface area contributed by atoms with Gasteiger partial charge in [-0.1, -0.05) is 30.3 Å². The lowest BCUT2D eigenvalue weighted by atomic mass is 10.1. The molecule has 1 aliphatic heterocycles. The standard InChI is InChI=1S/C25H27NO4/c1-2-28-24-12-10-20(25(27)26-16-23-8-5-13-29-23)14-21(24)17-30-22-11-9-18-6-3-4-7-19(18)15-22/h3-4,6-7,9-12,14-15,23H,2,5,8,13,16-17H2,1H3,(H,26,27)/t23-/m1/s1. The summed E-state index contributed by atoms with van der Waals surface area (Å²) in [4.78, 5) is 12.6. The van der Waals surface area contributed by atoms with Crippen LogP contribution in [0.15, 0.2) is 60.7 Å². The van der Waals surface area contributed by atoms with E-state index in [1.54, 1.807) is 6.07 Å². The van der Waals surface area contributed by atoms with Gasteiger partial charge in [0.05, 0.1) is 12.7 Å². The number of amides is 1. The summed E-state index contributed by atoms with van der Waals surface area (Å²) in [5.41, 5.74) is 1.43. The molecule has 0 aromatic heterocycles. The highest BCUT2D eigenvalue weighted by molar-refractivity contribution is 5.94. The topological polar surface area (TPSA) is 56.8 Å². The van der Waals surface area contributed by atoms with E-state index in [1.807, 2.05) is 49.4 Å². The Morgan fingerprint density at radius 3 is 2.73 bits per heavy atom. The minimum absolute atomic E-state index is 0.111. The van der Waals surface area contributed by atoms with Crippen molar-refractivity contribution in [1.29, 1.82) is 0 Å². The van der Waals surface area contributed by atoms with Gasteiger partial charge in [0.15, 0.2) is 0 Å². The second-order valence-electron chi connectivity index (χ2n) is 7.40. The van der Waals surface area contributed by atoms with E-state index in [-0.39, 0.29) is 12.0 Å². The molecule has 0 saturated carbocycles. The number of hydrogen-bond acceptors (Lipinski definition) is 4. The number of carbonyl (C=O) groups excluding carboxylic acids is 1. The van der Waals surface area contributed by atoms with Gasteiger partial charge in [0.1, 0.15) is 18.1 Å². The van der Waals surface area contributed by atoms with Crippen LogP contribution in [0.5, 0.6) is 11.5 Å². The van der Waals surface area contributed by atoms with Crippen LogP contribution in [0.25, 0.3) is 10.8 Å². The van der Waals surface area contributed by atoms with Crippen LogP contribution in [0.4, 0.5) is 0 Å². The Kier molecular flexibility index (Phi) is 6.50. The van der Waals surface area contributed by atoms with Crippen molar-refractivity contribution in [2.24, 2.45) is 0 Å². The zero-order valence-electron chi connectivity index (χ0n) is 17.2. The predicted octanol–water partition coefficient (Wildman–Crippen LogP) is 4.73. The number of rotatable bonds is 8. The smallest absolute Gasteiger partial charge is 0.251 e. The molecule has 4 rings (SSSR count). The average Bonchev–Trinajstić information content (AvgIpc) is 3.30. The molecule has 1 heterocycles. The second-order valence-corrected chi connectivity index (χ2v) is 7.40. The lowest BCUT2D eigenvalue weighted by Crippen LogP contribution is -2.31. The molecule has 1 amide bonds. The first-order chi connectivity index (χ1) is 14.7. The first-order valence-electron chi connectivity index (χ1n) is 10.5. The molecule has 1 aliphatic rings. The molecule has 1 fully saturated rings. The predicted molar refractivity (Wildman–Crippen MR) is 117 cm³/mol. The van der Waals surface area contributed by atoms with Gasteiger partial charge in [-0.3, -0.25) is 4.79 Å². The highest BCUT2D eigenvalue weighted by Crippen LogP contribution is 2.25. The molecule has 0 unspecified atom stereocenters. The molecule has 3 aromatic carbocycles. The van der Waals surface area contributed by atoms with E-state index in [1.165, 1.54) is 5.39 Å². The summed E-state index contributed by atoms with van der Waals surface area (Å²) in [5, 5.41) is 5.27. The van der Waals surface area contributed by atoms with Crippen LogP contribution in [0.3, 0.4) is 0 Å². The number of carbonyl (C=O) groups is 1. The molecule has 1 atom stereocenters. The third-order valence-corrected chi connectivity index (χ3v) is 5.25. The molecule has 5 heteroatoms. The van der Waals surface area contributed by atoms with Gasteiger partial charge in [-0.05, 0) is 60.9 Å². The van der Waals surface area contributed by atoms with Crippen LogP contribution in [0.1, 0.15) is 35.7 Å². The van der Waals surface area contributed by atoms with E-state index in [9.17, 15) is 4.79 Å². The zero-order valence-corrected chi connectivity index (χ0v) is 17.2. The molecule has 0 spiro atoms. The summed E-state index contributed by atoms with van der Waals surface area (Å²) < 4.78 is 17.3. The van der Waals surface area contributed by atoms with Crippen molar-refractivity contribution in [1.82, 2.24) is 5.32 Å². The van der Waals surface area contributed by atoms with Gasteiger partial charge in [-0.15, -0.1) is 0 Å². The summed E-state index contributed by atoms with van der Waals surface area (Å²) in [7, 11) is 0. The third-order valence-electron chi connectivity index (χ3n) is 5.25. The van der Waals surface area contributed by atoms with Crippen molar-refractivity contribution in [3.05, 3.63) is 71.8 Å². The van der Waals surface area contributed by atoms with Crippen molar-refractivity contribution in [2.75, 3.05) is 19.8 Å². The van der Waals surface area contributed by atoms with Crippen LogP contribution in [0.2, 0.25) is 0 Å². The zero-order chi connectivity index (χ0) is 20.8. The SMILES string of the molecule is CCOc1ccc(C(=O)NC[C@H]2CCCO2)cc1COc1ccc2ccccc2c1. The summed E-state index contributed by atoms with van der Waals surface area (Å²) in [6, 6.07) is 19.7. The van der Waals surface area contributed by atoms with Crippen molar-refractivity contribution >= 4 is 16.7 Å². The average molecular weight is 405 g/mol. The lowest BCUT2D eigenvalue weighted by Gasteiger charge is -2.15. The minimum Gasteiger partial charge on any atom is -0.493 e. The van der Waals surface area contributed by atoms with Crippen LogP contribution in [-0.4, -0.2) is 31.8 Å². The molecule has 0 bridgehead atoms. The summed E-state index contributed by atoms with van der Waals surface area (Å²) in [6.07, 6.45) is 2.17. The van der Waals surface area contributed by atoms with Gasteiger partial charge in [-0.2, -0.15) is 0 Å². The van der Waals surface area contributed by atoms with Gasteiger partial charge in [-0.25, -0.2) is 0 Å². The quantitative estimate of drug-likeness (QED) is 0.589. The molecule has 0 aliphatic carbocycles. The second kappa shape index (κ2) is 9.63. The van der Waals surface area contributed by atoms with E-state index in [0.29, 0.717) is 25.3 Å². The van der Waals surface area contributed by atoms with Crippen LogP contribution in [0, 0.1) is 0 Å². The fraction of sp³-hybridized carbons (Fsp3) is 0.320. The van der Waals surface area contributed by atoms with E-state index in [2.05, 4.69) is 17.4 Å². The highest BCUT2D eigenvalue weighted by atomic mass is 16.5. The lowest BCUT2D eigenvalue weighted by molar-refractivity contribution is 0.0857. The summed E-state index contributed by atoms with van der Waals surface area (Å²) in [5.74, 6) is 1.40. The van der Waals surface area contributed by atoms with E-state index >= 15 is 0 Å². The Morgan fingerprint density at radius 2 is 1.93 bits per heavy atom. The number of nitrogens with one attached hydrogen (secondary N) is 1. The van der Waals surface area contributed by atoms with Gasteiger partial charge in [0.2, 0.25) is 0 Å². The molecule has 1 N–H and O–H groups in total. The van der Waals surface area contributed by atoms with Gasteiger partial charge in [0.25, 0.3) is 5.91 Å². The Labute approximate surface area is 177 Å². The van der Waals surface area contributed by atoms with E-state index in [0.717, 1.165) is 41.9 Å². The van der Waals surface area contributed by atoms with Crippen molar-refractivity contribution in [3.63, 3.8) is 0 Å². The van der Waals surface area contributed by atoms with Gasteiger partial charge < -0.3 is 19.5 Å². The molecule has 3 aromatic rings. The maximum atomic E-state index is 12.6. The Bertz CT molecular complexity index is 1010. The molecule has 5 nitrogen and oxygen atoms in total. The van der Waals surface area contributed by atoms with Crippen LogP contribution < -0.4 is 14.8 Å². The molecular weight excluding hydrogens is 378 g/mol. The Hall–Kier alpha value is -3.05. The number of benzene rings is 3. The number of ether oxygens (including phenoxy) is 3. The maximum Gasteiger partial charge on any atom is 0.251 e. The monoisotopic (exact) mass is 405 g/mol. The first kappa shape index (κ1) is 20.2. The molecule has 156 valence electrons. The van der Waals surface area contributed by atoms with Gasteiger partial charge >= 0.3 is 0 Å².